The largest absolute Gasteiger partial charge is 0.172 e. The molecule has 0 aromatic carbocycles. The van der Waals surface area contributed by atoms with Crippen molar-refractivity contribution in [2.75, 3.05) is 4.05 Å². The van der Waals surface area contributed by atoms with Crippen molar-refractivity contribution in [1.82, 2.24) is 0 Å². The van der Waals surface area contributed by atoms with Crippen LogP contribution in [0.15, 0.2) is 0 Å². The van der Waals surface area contributed by atoms with Crippen LogP contribution in [0.1, 0.15) is 64.2 Å². The first kappa shape index (κ1) is 13.7. The van der Waals surface area contributed by atoms with Gasteiger partial charge in [0.1, 0.15) is 0 Å². The third kappa shape index (κ3) is 2.97. The van der Waals surface area contributed by atoms with Crippen molar-refractivity contribution >= 4 is 41.1 Å². The lowest BCUT2D eigenvalue weighted by Gasteiger charge is -2.42. The first-order valence-electron chi connectivity index (χ1n) is 7.02. The summed E-state index contributed by atoms with van der Waals surface area (Å²) in [4.78, 5) is 0. The molecular weight excluding hydrogens is 347 g/mol. The topological polar surface area (TPSA) is 0 Å². The molecule has 2 aliphatic rings. The van der Waals surface area contributed by atoms with E-state index < -0.39 is 7.38 Å². The molecule has 3 heteroatoms. The molecule has 2 fully saturated rings. The Labute approximate surface area is 120 Å². The van der Waals surface area contributed by atoms with Crippen molar-refractivity contribution in [2.45, 2.75) is 75.3 Å². The summed E-state index contributed by atoms with van der Waals surface area (Å²) in [7, 11) is -1.46. The van der Waals surface area contributed by atoms with E-state index in [1.54, 1.807) is 0 Å². The Kier molecular flexibility index (Phi) is 5.48. The molecule has 16 heavy (non-hydrogen) atoms. The van der Waals surface area contributed by atoms with Gasteiger partial charge in [-0.1, -0.05) is 86.8 Å². The van der Waals surface area contributed by atoms with E-state index in [9.17, 15) is 0 Å². The van der Waals surface area contributed by atoms with Crippen molar-refractivity contribution in [1.29, 1.82) is 0 Å². The van der Waals surface area contributed by atoms with E-state index in [2.05, 4.69) is 22.6 Å². The van der Waals surface area contributed by atoms with Gasteiger partial charge in [-0.2, -0.15) is 11.1 Å². The zero-order valence-electron chi connectivity index (χ0n) is 10.2. The fourth-order valence-corrected chi connectivity index (χ4v) is 12.6. The molecule has 0 radical (unpaired) electrons. The van der Waals surface area contributed by atoms with Crippen LogP contribution in [0.3, 0.4) is 0 Å². The van der Waals surface area contributed by atoms with Crippen LogP contribution in [0.5, 0.6) is 0 Å². The summed E-state index contributed by atoms with van der Waals surface area (Å²) in [6.07, 6.45) is 14.6. The van der Waals surface area contributed by atoms with Crippen molar-refractivity contribution in [2.24, 2.45) is 0 Å². The van der Waals surface area contributed by atoms with E-state index in [1.165, 1.54) is 68.3 Å². The highest BCUT2D eigenvalue weighted by Gasteiger charge is 2.45. The van der Waals surface area contributed by atoms with E-state index in [0.29, 0.717) is 0 Å². The molecule has 0 unspecified atom stereocenters. The Morgan fingerprint density at radius 1 is 0.812 bits per heavy atom. The minimum atomic E-state index is -1.46. The molecule has 0 aliphatic heterocycles. The Morgan fingerprint density at radius 3 is 1.50 bits per heavy atom. The van der Waals surface area contributed by atoms with E-state index in [4.69, 9.17) is 11.1 Å². The Bertz CT molecular complexity index is 192. The second-order valence-electron chi connectivity index (χ2n) is 5.73. The molecule has 2 aliphatic carbocycles. The van der Waals surface area contributed by atoms with Gasteiger partial charge in [0.05, 0.1) is 0 Å². The summed E-state index contributed by atoms with van der Waals surface area (Å²) in [5.74, 6) is 0. The first-order chi connectivity index (χ1) is 7.77. The number of hydrogen-bond donors (Lipinski definition) is 0. The fourth-order valence-electron chi connectivity index (χ4n) is 3.72. The van der Waals surface area contributed by atoms with E-state index >= 15 is 0 Å². The van der Waals surface area contributed by atoms with Crippen molar-refractivity contribution in [3.05, 3.63) is 0 Å². The van der Waals surface area contributed by atoms with Gasteiger partial charge in [0, 0.05) is 4.05 Å². The zero-order chi connectivity index (χ0) is 11.4. The molecule has 0 bridgehead atoms. The maximum absolute atomic E-state index is 7.21. The average molecular weight is 371 g/mol. The van der Waals surface area contributed by atoms with Crippen LogP contribution in [0.25, 0.3) is 0 Å². The van der Waals surface area contributed by atoms with Crippen LogP contribution in [-0.2, 0) is 0 Å². The normalized spacial score (nSPS) is 25.9. The quantitative estimate of drug-likeness (QED) is 0.254. The van der Waals surface area contributed by atoms with Gasteiger partial charge in [0.25, 0.3) is 0 Å². The molecule has 0 aromatic rings. The highest BCUT2D eigenvalue weighted by molar-refractivity contribution is 14.1. The lowest BCUT2D eigenvalue weighted by molar-refractivity contribution is 0.459. The van der Waals surface area contributed by atoms with Gasteiger partial charge < -0.3 is 0 Å². The minimum Gasteiger partial charge on any atom is -0.166 e. The molecule has 0 saturated heterocycles. The molecule has 2 rings (SSSR count). The van der Waals surface area contributed by atoms with E-state index in [0.717, 1.165) is 11.1 Å². The van der Waals surface area contributed by atoms with Crippen LogP contribution in [-0.4, -0.2) is 11.4 Å². The van der Waals surface area contributed by atoms with E-state index in [-0.39, 0.29) is 0 Å². The zero-order valence-corrected chi connectivity index (χ0v) is 14.1. The summed E-state index contributed by atoms with van der Waals surface area (Å²) in [6.45, 7) is 0. The van der Waals surface area contributed by atoms with Crippen LogP contribution in [0.2, 0.25) is 11.1 Å². The summed E-state index contributed by atoms with van der Waals surface area (Å²) < 4.78 is 1.29. The number of alkyl halides is 1. The average Bonchev–Trinajstić information content (AvgIpc) is 2.40. The maximum Gasteiger partial charge on any atom is 0.172 e. The smallest absolute Gasteiger partial charge is 0.166 e. The molecule has 0 heterocycles. The van der Waals surface area contributed by atoms with Gasteiger partial charge in [-0.25, -0.2) is 0 Å². The van der Waals surface area contributed by atoms with Gasteiger partial charge in [-0.3, -0.25) is 0 Å². The molecule has 0 amide bonds. The predicted octanol–water partition coefficient (Wildman–Crippen LogP) is 5.81. The lowest BCUT2D eigenvalue weighted by Crippen LogP contribution is -2.43. The maximum atomic E-state index is 7.21. The summed E-state index contributed by atoms with van der Waals surface area (Å²) in [5.41, 5.74) is 1.89. The van der Waals surface area contributed by atoms with Gasteiger partial charge in [-0.15, -0.1) is 0 Å². The summed E-state index contributed by atoms with van der Waals surface area (Å²) in [6, 6.07) is 0. The van der Waals surface area contributed by atoms with Crippen LogP contribution >= 0.6 is 33.7 Å². The number of halogens is 2. The lowest BCUT2D eigenvalue weighted by atomic mass is 9.99. The van der Waals surface area contributed by atoms with Crippen LogP contribution in [0.4, 0.5) is 0 Å². The van der Waals surface area contributed by atoms with Gasteiger partial charge in [0.15, 0.2) is 7.38 Å². The highest BCUT2D eigenvalue weighted by Crippen LogP contribution is 2.50. The second-order valence-corrected chi connectivity index (χ2v) is 13.9. The van der Waals surface area contributed by atoms with E-state index in [1.807, 2.05) is 0 Å². The van der Waals surface area contributed by atoms with Crippen molar-refractivity contribution in [3.8, 4) is 0 Å². The van der Waals surface area contributed by atoms with Gasteiger partial charge in [-0.05, 0) is 11.1 Å². The standard InChI is InChI=1S/C13H24ClISi/c14-16(11-15,12-7-3-1-4-8-12)13-9-5-2-6-10-13/h12-13H,1-11H2. The first-order valence-corrected chi connectivity index (χ1v) is 11.9. The van der Waals surface area contributed by atoms with Gasteiger partial charge >= 0.3 is 0 Å². The Morgan fingerprint density at radius 2 is 1.19 bits per heavy atom. The predicted molar refractivity (Wildman–Crippen MR) is 84.2 cm³/mol. The van der Waals surface area contributed by atoms with Crippen LogP contribution in [0, 0.1) is 0 Å². The highest BCUT2D eigenvalue weighted by atomic mass is 127. The second kappa shape index (κ2) is 6.42. The summed E-state index contributed by atoms with van der Waals surface area (Å²) >= 11 is 9.81. The Hall–Kier alpha value is 1.24. The Balaban J connectivity index is 2.03. The monoisotopic (exact) mass is 370 g/mol. The van der Waals surface area contributed by atoms with Crippen molar-refractivity contribution in [3.63, 3.8) is 0 Å². The third-order valence-electron chi connectivity index (χ3n) is 4.77. The minimum absolute atomic E-state index is 0.947. The molecule has 0 atom stereocenters. The molecule has 94 valence electrons. The molecular formula is C13H24ClISi. The number of hydrogen-bond acceptors (Lipinski definition) is 0. The third-order valence-corrected chi connectivity index (χ3v) is 16.4. The fraction of sp³-hybridized carbons (Fsp3) is 1.00. The number of rotatable bonds is 3. The molecule has 2 saturated carbocycles. The summed E-state index contributed by atoms with van der Waals surface area (Å²) in [5, 5.41) is 0. The van der Waals surface area contributed by atoms with Crippen LogP contribution < -0.4 is 0 Å². The van der Waals surface area contributed by atoms with Crippen molar-refractivity contribution < 1.29 is 0 Å². The molecule has 0 nitrogen and oxygen atoms in total. The molecule has 0 aromatic heterocycles. The molecule has 0 N–H and O–H groups in total. The molecule has 0 spiro atoms. The SMILES string of the molecule is Cl[Si](CI)(C1CCCCC1)C1CCCCC1. The van der Waals surface area contributed by atoms with Gasteiger partial charge in [0.2, 0.25) is 0 Å².